The van der Waals surface area contributed by atoms with E-state index in [1.54, 1.807) is 44.6 Å². The van der Waals surface area contributed by atoms with Gasteiger partial charge in [-0.2, -0.15) is 0 Å². The maximum Gasteiger partial charge on any atom is 0.261 e. The number of ether oxygens (including phenoxy) is 2. The number of hydrogen-bond donors (Lipinski definition) is 1. The van der Waals surface area contributed by atoms with Gasteiger partial charge in [0.1, 0.15) is 34.2 Å². The number of rotatable bonds is 5. The minimum atomic E-state index is -0.449. The van der Waals surface area contributed by atoms with E-state index in [-0.39, 0.29) is 11.1 Å². The van der Waals surface area contributed by atoms with Gasteiger partial charge in [0.05, 0.1) is 14.2 Å². The van der Waals surface area contributed by atoms with Crippen molar-refractivity contribution in [3.8, 4) is 11.5 Å². The number of halogens is 1. The Hall–Kier alpha value is -4.33. The number of methoxy groups -OCH3 is 2. The first-order valence-electron chi connectivity index (χ1n) is 12.8. The van der Waals surface area contributed by atoms with Crippen molar-refractivity contribution in [2.45, 2.75) is 25.7 Å². The lowest BCUT2D eigenvalue weighted by Crippen LogP contribution is -2.34. The van der Waals surface area contributed by atoms with Crippen molar-refractivity contribution in [2.75, 3.05) is 37.5 Å². The molecule has 0 spiro atoms. The molecule has 2 aliphatic heterocycles. The molecule has 6 rings (SSSR count). The molecule has 0 unspecified atom stereocenters. The quantitative estimate of drug-likeness (QED) is 0.367. The van der Waals surface area contributed by atoms with Gasteiger partial charge in [0.15, 0.2) is 0 Å². The van der Waals surface area contributed by atoms with E-state index >= 15 is 0 Å². The van der Waals surface area contributed by atoms with E-state index in [2.05, 4.69) is 16.3 Å². The van der Waals surface area contributed by atoms with Crippen LogP contribution in [0.5, 0.6) is 11.5 Å². The van der Waals surface area contributed by atoms with Crippen LogP contribution in [0.3, 0.4) is 0 Å². The number of aryl methyl sites for hydroxylation is 2. The Kier molecular flexibility index (Phi) is 6.23. The number of amides is 1. The number of benzene rings is 3. The molecule has 0 saturated carbocycles. The van der Waals surface area contributed by atoms with E-state index in [0.29, 0.717) is 22.9 Å². The second kappa shape index (κ2) is 9.85. The molecule has 0 bridgehead atoms. The van der Waals surface area contributed by atoms with Crippen LogP contribution in [0.1, 0.15) is 34.3 Å². The van der Waals surface area contributed by atoms with Crippen LogP contribution in [0.15, 0.2) is 64.0 Å². The SMILES string of the molecule is COc1ccc(OC)c(N=c2oc3c4c5c(cc3cc2C(=O)Nc2cccc(F)c2)CCCN5CCC4)c1. The van der Waals surface area contributed by atoms with Crippen molar-refractivity contribution >= 4 is 33.9 Å². The Morgan fingerprint density at radius 2 is 1.87 bits per heavy atom. The molecule has 194 valence electrons. The van der Waals surface area contributed by atoms with Gasteiger partial charge in [-0.3, -0.25) is 4.79 Å². The minimum absolute atomic E-state index is 0.141. The first-order valence-corrected chi connectivity index (χ1v) is 12.8. The van der Waals surface area contributed by atoms with Gasteiger partial charge in [-0.1, -0.05) is 6.07 Å². The van der Waals surface area contributed by atoms with Gasteiger partial charge in [0.2, 0.25) is 5.55 Å². The predicted molar refractivity (Wildman–Crippen MR) is 144 cm³/mol. The fraction of sp³-hybridized carbons (Fsp3) is 0.267. The number of hydrogen-bond acceptors (Lipinski definition) is 6. The number of carbonyl (C=O) groups excluding carboxylic acids is 1. The van der Waals surface area contributed by atoms with Crippen molar-refractivity contribution in [2.24, 2.45) is 4.99 Å². The highest BCUT2D eigenvalue weighted by Gasteiger charge is 2.27. The van der Waals surface area contributed by atoms with Crippen LogP contribution in [0, 0.1) is 5.82 Å². The third-order valence-electron chi connectivity index (χ3n) is 7.17. The molecule has 4 aromatic rings. The van der Waals surface area contributed by atoms with E-state index < -0.39 is 11.7 Å². The van der Waals surface area contributed by atoms with Crippen molar-refractivity contribution in [1.82, 2.24) is 0 Å². The maximum absolute atomic E-state index is 13.8. The lowest BCUT2D eigenvalue weighted by molar-refractivity contribution is 0.102. The summed E-state index contributed by atoms with van der Waals surface area (Å²) in [6, 6.07) is 15.0. The monoisotopic (exact) mass is 513 g/mol. The zero-order valence-electron chi connectivity index (χ0n) is 21.3. The lowest BCUT2D eigenvalue weighted by Gasteiger charge is -2.37. The molecular formula is C30H28FN3O4. The normalized spacial score (nSPS) is 14.8. The van der Waals surface area contributed by atoms with Gasteiger partial charge in [0.25, 0.3) is 5.91 Å². The van der Waals surface area contributed by atoms with Crippen LogP contribution in [-0.2, 0) is 12.8 Å². The van der Waals surface area contributed by atoms with Gasteiger partial charge in [-0.15, -0.1) is 0 Å². The first kappa shape index (κ1) is 24.0. The fourth-order valence-electron chi connectivity index (χ4n) is 5.46. The number of carbonyl (C=O) groups is 1. The summed E-state index contributed by atoms with van der Waals surface area (Å²) in [5, 5.41) is 3.64. The molecule has 7 nitrogen and oxygen atoms in total. The highest BCUT2D eigenvalue weighted by molar-refractivity contribution is 6.06. The van der Waals surface area contributed by atoms with E-state index in [4.69, 9.17) is 18.9 Å². The summed E-state index contributed by atoms with van der Waals surface area (Å²) in [5.41, 5.74) is 5.63. The molecule has 0 fully saturated rings. The van der Waals surface area contributed by atoms with E-state index in [1.807, 2.05) is 6.07 Å². The summed E-state index contributed by atoms with van der Waals surface area (Å²) in [7, 11) is 3.13. The summed E-state index contributed by atoms with van der Waals surface area (Å²) in [6.07, 6.45) is 4.04. The maximum atomic E-state index is 13.8. The average molecular weight is 514 g/mol. The molecule has 3 heterocycles. The molecule has 3 aromatic carbocycles. The third kappa shape index (κ3) is 4.36. The molecule has 0 saturated heterocycles. The molecule has 8 heteroatoms. The smallest absolute Gasteiger partial charge is 0.261 e. The lowest BCUT2D eigenvalue weighted by atomic mass is 9.90. The highest BCUT2D eigenvalue weighted by atomic mass is 19.1. The number of anilines is 2. The van der Waals surface area contributed by atoms with E-state index in [9.17, 15) is 9.18 Å². The topological polar surface area (TPSA) is 76.3 Å². The molecule has 0 radical (unpaired) electrons. The van der Waals surface area contributed by atoms with Gasteiger partial charge in [-0.25, -0.2) is 9.38 Å². The Labute approximate surface area is 219 Å². The van der Waals surface area contributed by atoms with E-state index in [1.165, 1.54) is 23.4 Å². The first-order chi connectivity index (χ1) is 18.5. The van der Waals surface area contributed by atoms with Crippen molar-refractivity contribution in [1.29, 1.82) is 0 Å². The average Bonchev–Trinajstić information content (AvgIpc) is 2.93. The Morgan fingerprint density at radius 1 is 1.03 bits per heavy atom. The predicted octanol–water partition coefficient (Wildman–Crippen LogP) is 5.77. The molecule has 1 aromatic heterocycles. The summed E-state index contributed by atoms with van der Waals surface area (Å²) in [4.78, 5) is 20.7. The van der Waals surface area contributed by atoms with Crippen molar-refractivity contribution in [3.05, 3.63) is 82.7 Å². The molecule has 2 aliphatic rings. The molecular weight excluding hydrogens is 485 g/mol. The Bertz CT molecular complexity index is 1630. The Morgan fingerprint density at radius 3 is 2.66 bits per heavy atom. The largest absolute Gasteiger partial charge is 0.497 e. The summed E-state index contributed by atoms with van der Waals surface area (Å²) >= 11 is 0. The zero-order valence-corrected chi connectivity index (χ0v) is 21.3. The molecule has 0 aliphatic carbocycles. The summed E-state index contributed by atoms with van der Waals surface area (Å²) < 4.78 is 31.2. The zero-order chi connectivity index (χ0) is 26.2. The second-order valence-electron chi connectivity index (χ2n) is 9.55. The van der Waals surface area contributed by atoms with E-state index in [0.717, 1.165) is 55.3 Å². The van der Waals surface area contributed by atoms with Crippen LogP contribution in [0.4, 0.5) is 21.5 Å². The van der Waals surface area contributed by atoms with Gasteiger partial charge in [-0.05, 0) is 73.7 Å². The third-order valence-corrected chi connectivity index (χ3v) is 7.17. The summed E-state index contributed by atoms with van der Waals surface area (Å²) in [6.45, 7) is 2.08. The van der Waals surface area contributed by atoms with Crippen molar-refractivity contribution < 1.29 is 23.1 Å². The molecule has 1 amide bonds. The molecule has 38 heavy (non-hydrogen) atoms. The fourth-order valence-corrected chi connectivity index (χ4v) is 5.46. The van der Waals surface area contributed by atoms with Crippen molar-refractivity contribution in [3.63, 3.8) is 0 Å². The number of nitrogens with one attached hydrogen (secondary N) is 1. The second-order valence-corrected chi connectivity index (χ2v) is 9.55. The summed E-state index contributed by atoms with van der Waals surface area (Å²) in [5.74, 6) is 0.216. The minimum Gasteiger partial charge on any atom is -0.497 e. The molecule has 1 N–H and O–H groups in total. The van der Waals surface area contributed by atoms with Crippen LogP contribution >= 0.6 is 0 Å². The van der Waals surface area contributed by atoms with Crippen LogP contribution in [0.25, 0.3) is 11.0 Å². The van der Waals surface area contributed by atoms with Crippen LogP contribution < -0.4 is 25.2 Å². The van der Waals surface area contributed by atoms with Gasteiger partial charge < -0.3 is 24.1 Å². The van der Waals surface area contributed by atoms with Crippen LogP contribution in [-0.4, -0.2) is 33.2 Å². The standard InChI is InChI=1S/C30H28FN3O4/c1-36-22-10-11-26(37-2)25(17-22)33-30-24(29(35)32-21-8-3-7-20(31)16-21)15-19-14-18-6-4-12-34-13-5-9-23(27(18)34)28(19)38-30/h3,7-8,10-11,14-17H,4-6,9,12-13H2,1-2H3,(H,32,35). The Balaban J connectivity index is 1.58. The highest BCUT2D eigenvalue weighted by Crippen LogP contribution is 2.40. The molecule has 0 atom stereocenters. The number of nitrogens with zero attached hydrogens (tertiary/aromatic N) is 2. The van der Waals surface area contributed by atoms with Gasteiger partial charge in [0, 0.05) is 41.5 Å². The van der Waals surface area contributed by atoms with Crippen LogP contribution in [0.2, 0.25) is 0 Å². The van der Waals surface area contributed by atoms with Gasteiger partial charge >= 0.3 is 0 Å². The number of fused-ring (bicyclic) bond motifs is 2.